The smallest absolute Gasteiger partial charge is 0.0797 e. The van der Waals surface area contributed by atoms with Gasteiger partial charge in [-0.1, -0.05) is 49.1 Å². The van der Waals surface area contributed by atoms with Crippen molar-refractivity contribution in [1.29, 1.82) is 0 Å². The van der Waals surface area contributed by atoms with Crippen molar-refractivity contribution in [2.45, 2.75) is 0 Å². The van der Waals surface area contributed by atoms with Crippen LogP contribution in [0.25, 0.3) is 5.57 Å². The fourth-order valence-electron chi connectivity index (χ4n) is 1.09. The summed E-state index contributed by atoms with van der Waals surface area (Å²) >= 11 is 0. The number of rotatable bonds is 3. The fourth-order valence-corrected chi connectivity index (χ4v) is 1.09. The minimum Gasteiger partial charge on any atom is -0.516 e. The summed E-state index contributed by atoms with van der Waals surface area (Å²) in [6.45, 7) is 3.62. The number of aliphatic hydroxyl groups is 1. The average Bonchev–Trinajstić information content (AvgIpc) is 2.19. The Balaban J connectivity index is 3.03. The molecule has 1 aromatic carbocycles. The van der Waals surface area contributed by atoms with Crippen LogP contribution in [0.15, 0.2) is 61.4 Å². The summed E-state index contributed by atoms with van der Waals surface area (Å²) < 4.78 is 0. The van der Waals surface area contributed by atoms with Gasteiger partial charge in [0.15, 0.2) is 0 Å². The largest absolute Gasteiger partial charge is 0.516 e. The van der Waals surface area contributed by atoms with E-state index in [1.807, 2.05) is 36.4 Å². The zero-order valence-corrected chi connectivity index (χ0v) is 7.35. The number of aliphatic hydroxyl groups excluding tert-OH is 1. The molecule has 1 heteroatoms. The SMILES string of the molecule is C=C/C=C(\C=C/O)c1ccccc1. The summed E-state index contributed by atoms with van der Waals surface area (Å²) in [7, 11) is 0. The van der Waals surface area contributed by atoms with Gasteiger partial charge < -0.3 is 5.11 Å². The van der Waals surface area contributed by atoms with Gasteiger partial charge in [0.1, 0.15) is 0 Å². The van der Waals surface area contributed by atoms with E-state index in [0.717, 1.165) is 17.4 Å². The molecule has 1 N–H and O–H groups in total. The predicted molar refractivity (Wildman–Crippen MR) is 56.4 cm³/mol. The molecule has 0 heterocycles. The summed E-state index contributed by atoms with van der Waals surface area (Å²) in [5.74, 6) is 0. The van der Waals surface area contributed by atoms with Crippen LogP contribution in [-0.2, 0) is 0 Å². The molecule has 0 unspecified atom stereocenters. The fraction of sp³-hybridized carbons (Fsp3) is 0. The second kappa shape index (κ2) is 4.99. The van der Waals surface area contributed by atoms with Crippen LogP contribution < -0.4 is 0 Å². The molecule has 0 saturated carbocycles. The van der Waals surface area contributed by atoms with E-state index in [1.54, 1.807) is 12.2 Å². The lowest BCUT2D eigenvalue weighted by Gasteiger charge is -1.99. The average molecular weight is 172 g/mol. The third-order valence-corrected chi connectivity index (χ3v) is 1.66. The molecule has 66 valence electrons. The Hall–Kier alpha value is -1.76. The van der Waals surface area contributed by atoms with E-state index in [0.29, 0.717) is 0 Å². The van der Waals surface area contributed by atoms with Crippen LogP contribution in [0.3, 0.4) is 0 Å². The van der Waals surface area contributed by atoms with E-state index in [4.69, 9.17) is 5.11 Å². The molecule has 0 bridgehead atoms. The first-order valence-corrected chi connectivity index (χ1v) is 4.07. The first-order chi connectivity index (χ1) is 6.38. The summed E-state index contributed by atoms with van der Waals surface area (Å²) in [5, 5.41) is 8.67. The van der Waals surface area contributed by atoms with Crippen LogP contribution >= 0.6 is 0 Å². The number of benzene rings is 1. The molecule has 0 amide bonds. The van der Waals surface area contributed by atoms with Crippen LogP contribution in [0.5, 0.6) is 0 Å². The van der Waals surface area contributed by atoms with Crippen molar-refractivity contribution in [3.8, 4) is 0 Å². The standard InChI is InChI=1S/C12H12O/c1-2-6-11(9-10-13)12-7-4-3-5-8-12/h2-10,13H,1H2/b10-9-,11-6+. The van der Waals surface area contributed by atoms with Gasteiger partial charge in [-0.2, -0.15) is 0 Å². The van der Waals surface area contributed by atoms with E-state index in [-0.39, 0.29) is 0 Å². The van der Waals surface area contributed by atoms with E-state index in [9.17, 15) is 0 Å². The molecule has 0 fully saturated rings. The van der Waals surface area contributed by atoms with Gasteiger partial charge in [-0.3, -0.25) is 0 Å². The van der Waals surface area contributed by atoms with Crippen molar-refractivity contribution >= 4 is 5.57 Å². The molecule has 0 aliphatic carbocycles. The third-order valence-electron chi connectivity index (χ3n) is 1.66. The maximum atomic E-state index is 8.67. The topological polar surface area (TPSA) is 20.2 Å². The number of hydrogen-bond acceptors (Lipinski definition) is 1. The monoisotopic (exact) mass is 172 g/mol. The molecule has 0 atom stereocenters. The lowest BCUT2D eigenvalue weighted by atomic mass is 10.1. The molecule has 0 aliphatic rings. The lowest BCUT2D eigenvalue weighted by Crippen LogP contribution is -1.78. The van der Waals surface area contributed by atoms with Crippen LogP contribution in [0.2, 0.25) is 0 Å². The number of allylic oxidation sites excluding steroid dienone is 4. The van der Waals surface area contributed by atoms with Gasteiger partial charge in [-0.15, -0.1) is 0 Å². The Bertz CT molecular complexity index is 320. The second-order valence-electron chi connectivity index (χ2n) is 2.54. The van der Waals surface area contributed by atoms with Crippen LogP contribution in [0, 0.1) is 0 Å². The van der Waals surface area contributed by atoms with Gasteiger partial charge in [0.25, 0.3) is 0 Å². The molecule has 0 radical (unpaired) electrons. The Labute approximate surface area is 78.3 Å². The highest BCUT2D eigenvalue weighted by molar-refractivity contribution is 5.74. The zero-order valence-electron chi connectivity index (χ0n) is 7.35. The van der Waals surface area contributed by atoms with E-state index in [2.05, 4.69) is 6.58 Å². The lowest BCUT2D eigenvalue weighted by molar-refractivity contribution is 0.474. The van der Waals surface area contributed by atoms with E-state index >= 15 is 0 Å². The first kappa shape index (κ1) is 9.33. The molecule has 1 nitrogen and oxygen atoms in total. The van der Waals surface area contributed by atoms with Crippen molar-refractivity contribution in [1.82, 2.24) is 0 Å². The summed E-state index contributed by atoms with van der Waals surface area (Å²) in [4.78, 5) is 0. The van der Waals surface area contributed by atoms with Crippen molar-refractivity contribution in [3.05, 3.63) is 67.0 Å². The zero-order chi connectivity index (χ0) is 9.52. The molecule has 1 rings (SSSR count). The number of hydrogen-bond donors (Lipinski definition) is 1. The Morgan fingerprint density at radius 1 is 1.23 bits per heavy atom. The molecular weight excluding hydrogens is 160 g/mol. The molecule has 1 aromatic rings. The van der Waals surface area contributed by atoms with Crippen molar-refractivity contribution in [2.24, 2.45) is 0 Å². The van der Waals surface area contributed by atoms with Crippen LogP contribution in [-0.4, -0.2) is 5.11 Å². The molecule has 13 heavy (non-hydrogen) atoms. The second-order valence-corrected chi connectivity index (χ2v) is 2.54. The molecular formula is C12H12O. The summed E-state index contributed by atoms with van der Waals surface area (Å²) in [5.41, 5.74) is 2.01. The predicted octanol–water partition coefficient (Wildman–Crippen LogP) is 3.33. The van der Waals surface area contributed by atoms with Crippen molar-refractivity contribution < 1.29 is 5.11 Å². The van der Waals surface area contributed by atoms with Gasteiger partial charge in [-0.05, 0) is 17.2 Å². The maximum absolute atomic E-state index is 8.67. The van der Waals surface area contributed by atoms with Crippen LogP contribution in [0.1, 0.15) is 5.56 Å². The molecule has 0 saturated heterocycles. The summed E-state index contributed by atoms with van der Waals surface area (Å²) in [6, 6.07) is 9.83. The molecule has 0 spiro atoms. The van der Waals surface area contributed by atoms with Gasteiger partial charge in [0, 0.05) is 0 Å². The van der Waals surface area contributed by atoms with Gasteiger partial charge >= 0.3 is 0 Å². The van der Waals surface area contributed by atoms with Crippen molar-refractivity contribution in [2.75, 3.05) is 0 Å². The normalized spacial score (nSPS) is 11.8. The molecule has 0 aliphatic heterocycles. The van der Waals surface area contributed by atoms with Gasteiger partial charge in [0.2, 0.25) is 0 Å². The maximum Gasteiger partial charge on any atom is 0.0797 e. The highest BCUT2D eigenvalue weighted by atomic mass is 16.2. The minimum absolute atomic E-state index is 0.943. The van der Waals surface area contributed by atoms with Crippen LogP contribution in [0.4, 0.5) is 0 Å². The molecule has 0 aromatic heterocycles. The quantitative estimate of drug-likeness (QED) is 0.547. The third kappa shape index (κ3) is 2.64. The minimum atomic E-state index is 0.943. The highest BCUT2D eigenvalue weighted by Gasteiger charge is 1.93. The Kier molecular flexibility index (Phi) is 3.58. The summed E-state index contributed by atoms with van der Waals surface area (Å²) in [6.07, 6.45) is 6.21. The van der Waals surface area contributed by atoms with Crippen molar-refractivity contribution in [3.63, 3.8) is 0 Å². The Morgan fingerprint density at radius 3 is 2.46 bits per heavy atom. The van der Waals surface area contributed by atoms with E-state index in [1.165, 1.54) is 0 Å². The van der Waals surface area contributed by atoms with E-state index < -0.39 is 0 Å². The van der Waals surface area contributed by atoms with Gasteiger partial charge in [0.05, 0.1) is 6.26 Å². The first-order valence-electron chi connectivity index (χ1n) is 4.07. The Morgan fingerprint density at radius 2 is 1.92 bits per heavy atom. The highest BCUT2D eigenvalue weighted by Crippen LogP contribution is 2.14. The van der Waals surface area contributed by atoms with Gasteiger partial charge in [-0.25, -0.2) is 0 Å².